The molecule has 3 aromatic carbocycles. The molecule has 4 N–H and O–H groups in total. The number of urea groups is 1. The molecule has 0 spiro atoms. The van der Waals surface area contributed by atoms with Gasteiger partial charge in [0, 0.05) is 43.3 Å². The Morgan fingerprint density at radius 2 is 1.51 bits per heavy atom. The van der Waals surface area contributed by atoms with Gasteiger partial charge in [0.15, 0.2) is 0 Å². The zero-order valence-corrected chi connectivity index (χ0v) is 33.2. The van der Waals surface area contributed by atoms with Crippen molar-refractivity contribution >= 4 is 46.9 Å². The Morgan fingerprint density at radius 1 is 0.836 bits per heavy atom. The Labute approximate surface area is 329 Å². The minimum atomic E-state index is -1.25. The van der Waals surface area contributed by atoms with Crippen LogP contribution in [0.5, 0.6) is 0 Å². The second kappa shape index (κ2) is 19.1. The lowest BCUT2D eigenvalue weighted by Crippen LogP contribution is -2.57. The Bertz CT molecular complexity index is 1790. The lowest BCUT2D eigenvalue weighted by molar-refractivity contribution is -0.132. The monoisotopic (exact) mass is 770 g/mol. The van der Waals surface area contributed by atoms with Crippen LogP contribution in [-0.4, -0.2) is 73.3 Å². The zero-order chi connectivity index (χ0) is 39.5. The van der Waals surface area contributed by atoms with Crippen LogP contribution in [0.15, 0.2) is 78.9 Å². The molecule has 2 aliphatic rings. The number of fused-ring (bicyclic) bond motifs is 1. The molecule has 1 saturated heterocycles. The van der Waals surface area contributed by atoms with Crippen molar-refractivity contribution in [2.45, 2.75) is 90.3 Å². The molecule has 0 radical (unpaired) electrons. The number of benzene rings is 3. The number of amides is 6. The summed E-state index contributed by atoms with van der Waals surface area (Å²) in [5.41, 5.74) is 3.84. The summed E-state index contributed by atoms with van der Waals surface area (Å²) < 4.78 is 0. The van der Waals surface area contributed by atoms with Crippen LogP contribution in [0.1, 0.15) is 82.0 Å². The van der Waals surface area contributed by atoms with Crippen LogP contribution < -0.4 is 26.2 Å². The maximum Gasteiger partial charge on any atom is 0.318 e. The van der Waals surface area contributed by atoms with Gasteiger partial charge in [-0.25, -0.2) is 4.79 Å². The summed E-state index contributed by atoms with van der Waals surface area (Å²) in [6.07, 6.45) is 4.10. The number of carbonyl (C=O) groups excluding carboxylic acids is 5. The van der Waals surface area contributed by atoms with Gasteiger partial charge in [0.25, 0.3) is 0 Å². The van der Waals surface area contributed by atoms with Crippen molar-refractivity contribution in [3.8, 4) is 0 Å². The van der Waals surface area contributed by atoms with Crippen molar-refractivity contribution in [1.29, 1.82) is 0 Å². The number of nitrogens with zero attached hydrogens (tertiary/aromatic N) is 2. The Hall–Kier alpha value is -4.90. The number of halogens is 1. The van der Waals surface area contributed by atoms with Crippen molar-refractivity contribution in [2.75, 3.05) is 31.6 Å². The van der Waals surface area contributed by atoms with E-state index < -0.39 is 29.9 Å². The first kappa shape index (κ1) is 41.3. The van der Waals surface area contributed by atoms with Crippen LogP contribution in [0.25, 0.3) is 0 Å². The van der Waals surface area contributed by atoms with Crippen LogP contribution in [0, 0.1) is 11.3 Å². The molecular weight excluding hydrogens is 716 g/mol. The van der Waals surface area contributed by atoms with Crippen LogP contribution >= 0.6 is 11.6 Å². The van der Waals surface area contributed by atoms with Gasteiger partial charge in [-0.3, -0.25) is 19.2 Å². The molecule has 3 atom stereocenters. The molecule has 5 rings (SSSR count). The number of aryl methyl sites for hydroxylation is 2. The molecule has 294 valence electrons. The average Bonchev–Trinajstić information content (AvgIpc) is 3.18. The van der Waals surface area contributed by atoms with E-state index in [2.05, 4.69) is 27.3 Å². The largest absolute Gasteiger partial charge is 0.355 e. The summed E-state index contributed by atoms with van der Waals surface area (Å²) in [4.78, 5) is 71.5. The number of hydrogen-bond donors (Lipinski definition) is 4. The predicted molar refractivity (Wildman–Crippen MR) is 216 cm³/mol. The molecule has 1 aliphatic heterocycles. The highest BCUT2D eigenvalue weighted by Crippen LogP contribution is 2.30. The molecule has 0 unspecified atom stereocenters. The first-order valence-electron chi connectivity index (χ1n) is 19.3. The molecule has 6 amide bonds. The third-order valence-electron chi connectivity index (χ3n) is 10.4. The van der Waals surface area contributed by atoms with E-state index >= 15 is 0 Å². The van der Waals surface area contributed by atoms with Gasteiger partial charge in [-0.2, -0.15) is 0 Å². The number of nitrogens with one attached hydrogen (secondary N) is 4. The van der Waals surface area contributed by atoms with Gasteiger partial charge in [0.2, 0.25) is 23.6 Å². The van der Waals surface area contributed by atoms with Crippen LogP contribution in [0.4, 0.5) is 10.5 Å². The summed E-state index contributed by atoms with van der Waals surface area (Å²) in [5.74, 6) is -1.66. The lowest BCUT2D eigenvalue weighted by Gasteiger charge is -2.34. The van der Waals surface area contributed by atoms with Crippen LogP contribution in [0.3, 0.4) is 0 Å². The van der Waals surface area contributed by atoms with E-state index in [0.717, 1.165) is 36.1 Å². The van der Waals surface area contributed by atoms with Gasteiger partial charge in [0.1, 0.15) is 12.1 Å². The molecule has 0 bridgehead atoms. The normalized spacial score (nSPS) is 16.9. The summed E-state index contributed by atoms with van der Waals surface area (Å²) in [7, 11) is 1.72. The maximum absolute atomic E-state index is 14.1. The molecule has 1 heterocycles. The fourth-order valence-corrected chi connectivity index (χ4v) is 7.27. The van der Waals surface area contributed by atoms with E-state index in [0.29, 0.717) is 50.3 Å². The molecule has 55 heavy (non-hydrogen) atoms. The molecule has 0 saturated carbocycles. The fraction of sp³-hybridized carbons (Fsp3) is 0.465. The third kappa shape index (κ3) is 12.0. The van der Waals surface area contributed by atoms with Crippen molar-refractivity contribution < 1.29 is 24.0 Å². The molecule has 11 nitrogen and oxygen atoms in total. The summed E-state index contributed by atoms with van der Waals surface area (Å²) in [5, 5.41) is 12.4. The van der Waals surface area contributed by atoms with E-state index in [-0.39, 0.29) is 35.6 Å². The first-order chi connectivity index (χ1) is 26.3. The molecule has 1 fully saturated rings. The second-order valence-electron chi connectivity index (χ2n) is 15.9. The van der Waals surface area contributed by atoms with Crippen molar-refractivity contribution in [1.82, 2.24) is 26.2 Å². The predicted octanol–water partition coefficient (Wildman–Crippen LogP) is 5.96. The number of hydrogen-bond acceptors (Lipinski definition) is 5. The molecule has 1 aliphatic carbocycles. The van der Waals surface area contributed by atoms with Crippen LogP contribution in [0.2, 0.25) is 5.02 Å². The lowest BCUT2D eigenvalue weighted by atomic mass is 9.87. The summed E-state index contributed by atoms with van der Waals surface area (Å²) in [6.45, 7) is 6.94. The summed E-state index contributed by atoms with van der Waals surface area (Å²) >= 11 is 6.02. The molecular formula is C43H55ClN6O5. The van der Waals surface area contributed by atoms with Gasteiger partial charge in [-0.15, -0.1) is 0 Å². The highest BCUT2D eigenvalue weighted by molar-refractivity contribution is 6.30. The van der Waals surface area contributed by atoms with E-state index in [1.807, 2.05) is 69.3 Å². The topological polar surface area (TPSA) is 140 Å². The van der Waals surface area contributed by atoms with Gasteiger partial charge >= 0.3 is 6.03 Å². The van der Waals surface area contributed by atoms with Crippen molar-refractivity contribution in [3.05, 3.63) is 101 Å². The molecule has 0 aromatic heterocycles. The van der Waals surface area contributed by atoms with Crippen molar-refractivity contribution in [3.63, 3.8) is 0 Å². The van der Waals surface area contributed by atoms with Gasteiger partial charge in [-0.1, -0.05) is 87.0 Å². The minimum absolute atomic E-state index is 0.0494. The SMILES string of the molecule is CN(C(=O)C1CCN(C(=O)N[C@@H](CC(=O)NCC(C)(C)C)C(=O)N[C@@H](CCc2ccccc2)C(=O)N[C@@H]2CCCc3ccccc32)CC1)c1ccc(Cl)cc1. The van der Waals surface area contributed by atoms with E-state index in [9.17, 15) is 24.0 Å². The minimum Gasteiger partial charge on any atom is -0.355 e. The van der Waals surface area contributed by atoms with Crippen molar-refractivity contribution in [2.24, 2.45) is 11.3 Å². The fourth-order valence-electron chi connectivity index (χ4n) is 7.14. The number of anilines is 1. The quantitative estimate of drug-likeness (QED) is 0.170. The number of carbonyl (C=O) groups is 5. The second-order valence-corrected chi connectivity index (χ2v) is 16.4. The Balaban J connectivity index is 1.27. The number of likely N-dealkylation sites (tertiary alicyclic amines) is 1. The van der Waals surface area contributed by atoms with Gasteiger partial charge in [0.05, 0.1) is 12.5 Å². The Kier molecular flexibility index (Phi) is 14.3. The van der Waals surface area contributed by atoms with Gasteiger partial charge in [-0.05, 0) is 91.3 Å². The Morgan fingerprint density at radius 3 is 2.20 bits per heavy atom. The number of piperidine rings is 1. The van der Waals surface area contributed by atoms with E-state index in [1.54, 1.807) is 41.1 Å². The molecule has 12 heteroatoms. The smallest absolute Gasteiger partial charge is 0.318 e. The van der Waals surface area contributed by atoms with E-state index in [4.69, 9.17) is 11.6 Å². The highest BCUT2D eigenvalue weighted by Gasteiger charge is 2.34. The van der Waals surface area contributed by atoms with Gasteiger partial charge < -0.3 is 31.1 Å². The van der Waals surface area contributed by atoms with Crippen LogP contribution in [-0.2, 0) is 32.0 Å². The standard InChI is InChI=1S/C43H55ClN6O5/c1-43(2,3)28-45-38(51)27-37(48-42(55)50-25-23-31(24-26-50)41(54)49(4)33-20-18-32(44)19-21-33)40(53)47-36(22-17-29-11-6-5-7-12-29)39(52)46-35-16-10-14-30-13-8-9-15-34(30)35/h5-9,11-13,15,18-21,31,35-37H,10,14,16-17,22-28H2,1-4H3,(H,45,51)(H,46,52)(H,47,53)(H,48,55)/t35-,36+,37+/m1/s1. The summed E-state index contributed by atoms with van der Waals surface area (Å²) in [6, 6.07) is 22.0. The number of rotatable bonds is 13. The first-order valence-corrected chi connectivity index (χ1v) is 19.7. The van der Waals surface area contributed by atoms with E-state index in [1.165, 1.54) is 5.56 Å². The molecule has 3 aromatic rings. The average molecular weight is 771 g/mol. The third-order valence-corrected chi connectivity index (χ3v) is 10.6. The highest BCUT2D eigenvalue weighted by atomic mass is 35.5. The maximum atomic E-state index is 14.1. The zero-order valence-electron chi connectivity index (χ0n) is 32.4.